The first-order valence-electron chi connectivity index (χ1n) is 7.00. The van der Waals surface area contributed by atoms with Crippen molar-refractivity contribution in [1.82, 2.24) is 10.6 Å². The maximum atomic E-state index is 11.7. The molecule has 1 aromatic carbocycles. The lowest BCUT2D eigenvalue weighted by Crippen LogP contribution is -2.41. The van der Waals surface area contributed by atoms with Crippen LogP contribution in [0.3, 0.4) is 0 Å². The summed E-state index contributed by atoms with van der Waals surface area (Å²) in [4.78, 5) is 11.7. The lowest BCUT2D eigenvalue weighted by molar-refractivity contribution is -0.122. The Hall–Kier alpha value is -1.07. The van der Waals surface area contributed by atoms with Crippen LogP contribution in [0.5, 0.6) is 5.75 Å². The first-order chi connectivity index (χ1) is 9.58. The fraction of sp³-hybridized carbons (Fsp3) is 0.533. The van der Waals surface area contributed by atoms with Gasteiger partial charge in [0.1, 0.15) is 5.75 Å². The largest absolute Gasteiger partial charge is 0.493 e. The van der Waals surface area contributed by atoms with Crippen LogP contribution in [-0.2, 0) is 11.3 Å². The number of nitrogens with one attached hydrogen (secondary N) is 2. The predicted molar refractivity (Wildman–Crippen MR) is 84.9 cm³/mol. The fourth-order valence-electron chi connectivity index (χ4n) is 1.72. The number of benzene rings is 1. The molecular formula is C15H23BrN2O2. The first-order valence-corrected chi connectivity index (χ1v) is 7.80. The third-order valence-electron chi connectivity index (χ3n) is 2.83. The molecule has 0 fully saturated rings. The third kappa shape index (κ3) is 5.51. The molecule has 4 nitrogen and oxygen atoms in total. The third-order valence-corrected chi connectivity index (χ3v) is 3.32. The normalized spacial score (nSPS) is 12.0. The number of rotatable bonds is 8. The Morgan fingerprint density at radius 1 is 1.40 bits per heavy atom. The zero-order valence-corrected chi connectivity index (χ0v) is 13.9. The second kappa shape index (κ2) is 8.97. The van der Waals surface area contributed by atoms with Gasteiger partial charge in [0.25, 0.3) is 0 Å². The lowest BCUT2D eigenvalue weighted by Gasteiger charge is -2.16. The van der Waals surface area contributed by atoms with Crippen molar-refractivity contribution < 1.29 is 9.53 Å². The molecular weight excluding hydrogens is 320 g/mol. The summed E-state index contributed by atoms with van der Waals surface area (Å²) < 4.78 is 6.72. The van der Waals surface area contributed by atoms with Crippen LogP contribution in [0.2, 0.25) is 0 Å². The molecule has 1 atom stereocenters. The van der Waals surface area contributed by atoms with Gasteiger partial charge in [-0.15, -0.1) is 0 Å². The highest BCUT2D eigenvalue weighted by Gasteiger charge is 2.12. The Balaban J connectivity index is 2.65. The summed E-state index contributed by atoms with van der Waals surface area (Å²) in [6.45, 7) is 7.78. The number of carbonyl (C=O) groups is 1. The highest BCUT2D eigenvalue weighted by Crippen LogP contribution is 2.23. The molecule has 20 heavy (non-hydrogen) atoms. The van der Waals surface area contributed by atoms with Crippen LogP contribution in [0, 0.1) is 0 Å². The number of ether oxygens (including phenoxy) is 1. The molecule has 2 N–H and O–H groups in total. The number of hydrogen-bond acceptors (Lipinski definition) is 3. The minimum atomic E-state index is -0.229. The van der Waals surface area contributed by atoms with Gasteiger partial charge in [0.05, 0.1) is 12.6 Å². The van der Waals surface area contributed by atoms with Crippen molar-refractivity contribution in [2.75, 3.05) is 13.2 Å². The van der Waals surface area contributed by atoms with Gasteiger partial charge in [0.2, 0.25) is 5.91 Å². The number of hydrogen-bond donors (Lipinski definition) is 2. The van der Waals surface area contributed by atoms with Crippen molar-refractivity contribution >= 4 is 21.8 Å². The molecule has 0 heterocycles. The predicted octanol–water partition coefficient (Wildman–Crippen LogP) is 2.85. The van der Waals surface area contributed by atoms with E-state index in [0.717, 1.165) is 22.2 Å². The molecule has 112 valence electrons. The first kappa shape index (κ1) is 17.0. The Labute approximate surface area is 129 Å². The van der Waals surface area contributed by atoms with Gasteiger partial charge >= 0.3 is 0 Å². The Bertz CT molecular complexity index is 438. The minimum absolute atomic E-state index is 0.0125. The van der Waals surface area contributed by atoms with Crippen molar-refractivity contribution in [2.45, 2.75) is 39.8 Å². The van der Waals surface area contributed by atoms with E-state index in [0.29, 0.717) is 19.7 Å². The van der Waals surface area contributed by atoms with Crippen LogP contribution in [0.1, 0.15) is 32.8 Å². The number of amides is 1. The molecule has 0 radical (unpaired) electrons. The number of carbonyl (C=O) groups excluding carboxylic acids is 1. The van der Waals surface area contributed by atoms with Crippen LogP contribution >= 0.6 is 15.9 Å². The van der Waals surface area contributed by atoms with Crippen LogP contribution in [0.25, 0.3) is 0 Å². The van der Waals surface area contributed by atoms with Gasteiger partial charge in [-0.3, -0.25) is 4.79 Å². The summed E-state index contributed by atoms with van der Waals surface area (Å²) >= 11 is 3.46. The van der Waals surface area contributed by atoms with Gasteiger partial charge in [0.15, 0.2) is 0 Å². The molecule has 0 aliphatic rings. The molecule has 0 aliphatic carbocycles. The smallest absolute Gasteiger partial charge is 0.236 e. The van der Waals surface area contributed by atoms with Crippen molar-refractivity contribution in [3.05, 3.63) is 28.2 Å². The molecule has 0 saturated carbocycles. The quantitative estimate of drug-likeness (QED) is 0.763. The average molecular weight is 343 g/mol. The summed E-state index contributed by atoms with van der Waals surface area (Å²) in [5.74, 6) is 0.879. The van der Waals surface area contributed by atoms with Crippen molar-refractivity contribution in [1.29, 1.82) is 0 Å². The zero-order chi connectivity index (χ0) is 15.0. The van der Waals surface area contributed by atoms with E-state index in [9.17, 15) is 4.79 Å². The number of likely N-dealkylation sites (N-methyl/N-ethyl adjacent to an activating group) is 1. The van der Waals surface area contributed by atoms with E-state index in [1.165, 1.54) is 0 Å². The zero-order valence-electron chi connectivity index (χ0n) is 12.3. The van der Waals surface area contributed by atoms with Crippen LogP contribution in [0.4, 0.5) is 0 Å². The molecule has 0 bridgehead atoms. The molecule has 0 spiro atoms. The highest BCUT2D eigenvalue weighted by molar-refractivity contribution is 9.10. The lowest BCUT2D eigenvalue weighted by atomic mass is 10.2. The number of halogens is 1. The van der Waals surface area contributed by atoms with Gasteiger partial charge < -0.3 is 15.4 Å². The summed E-state index contributed by atoms with van der Waals surface area (Å²) in [7, 11) is 0. The van der Waals surface area contributed by atoms with E-state index < -0.39 is 0 Å². The summed E-state index contributed by atoms with van der Waals surface area (Å²) in [5, 5.41) is 6.01. The summed E-state index contributed by atoms with van der Waals surface area (Å²) in [6, 6.07) is 5.70. The fourth-order valence-corrected chi connectivity index (χ4v) is 2.13. The van der Waals surface area contributed by atoms with E-state index in [-0.39, 0.29) is 11.9 Å². The van der Waals surface area contributed by atoms with E-state index in [1.54, 1.807) is 0 Å². The topological polar surface area (TPSA) is 50.4 Å². The average Bonchev–Trinajstić information content (AvgIpc) is 2.44. The van der Waals surface area contributed by atoms with Gasteiger partial charge in [0, 0.05) is 23.1 Å². The Morgan fingerprint density at radius 3 is 2.80 bits per heavy atom. The molecule has 1 amide bonds. The van der Waals surface area contributed by atoms with E-state index in [4.69, 9.17) is 4.74 Å². The van der Waals surface area contributed by atoms with E-state index >= 15 is 0 Å². The molecule has 0 aromatic heterocycles. The van der Waals surface area contributed by atoms with Crippen LogP contribution in [0.15, 0.2) is 22.7 Å². The molecule has 1 rings (SSSR count). The summed E-state index contributed by atoms with van der Waals surface area (Å²) in [5.41, 5.74) is 1.05. The molecule has 0 aliphatic heterocycles. The van der Waals surface area contributed by atoms with Crippen molar-refractivity contribution in [3.8, 4) is 5.75 Å². The molecule has 1 unspecified atom stereocenters. The maximum absolute atomic E-state index is 11.7. The van der Waals surface area contributed by atoms with Gasteiger partial charge in [-0.2, -0.15) is 0 Å². The molecule has 5 heteroatoms. The van der Waals surface area contributed by atoms with E-state index in [2.05, 4.69) is 33.5 Å². The Kier molecular flexibility index (Phi) is 7.62. The monoisotopic (exact) mass is 342 g/mol. The molecule has 0 saturated heterocycles. The summed E-state index contributed by atoms with van der Waals surface area (Å²) in [6.07, 6.45) is 0.970. The maximum Gasteiger partial charge on any atom is 0.236 e. The second-order valence-corrected chi connectivity index (χ2v) is 5.51. The SMILES string of the molecule is CCCOc1ccc(Br)cc1CNC(C)C(=O)NCC. The second-order valence-electron chi connectivity index (χ2n) is 4.60. The Morgan fingerprint density at radius 2 is 2.15 bits per heavy atom. The standard InChI is InChI=1S/C15H23BrN2O2/c1-4-8-20-14-7-6-13(16)9-12(14)10-18-11(3)15(19)17-5-2/h6-7,9,11,18H,4-5,8,10H2,1-3H3,(H,17,19). The van der Waals surface area contributed by atoms with Crippen molar-refractivity contribution in [3.63, 3.8) is 0 Å². The van der Waals surface area contributed by atoms with Crippen LogP contribution < -0.4 is 15.4 Å². The van der Waals surface area contributed by atoms with Crippen LogP contribution in [-0.4, -0.2) is 25.1 Å². The van der Waals surface area contributed by atoms with Gasteiger partial charge in [-0.25, -0.2) is 0 Å². The van der Waals surface area contributed by atoms with E-state index in [1.807, 2.05) is 32.0 Å². The van der Waals surface area contributed by atoms with Gasteiger partial charge in [-0.1, -0.05) is 22.9 Å². The highest BCUT2D eigenvalue weighted by atomic mass is 79.9. The van der Waals surface area contributed by atoms with Gasteiger partial charge in [-0.05, 0) is 38.5 Å². The molecule has 1 aromatic rings. The van der Waals surface area contributed by atoms with Crippen molar-refractivity contribution in [2.24, 2.45) is 0 Å². The minimum Gasteiger partial charge on any atom is -0.493 e.